The van der Waals surface area contributed by atoms with E-state index in [1.165, 1.54) is 5.56 Å². The van der Waals surface area contributed by atoms with E-state index in [1.54, 1.807) is 0 Å². The van der Waals surface area contributed by atoms with Crippen LogP contribution in [0.1, 0.15) is 52.1 Å². The van der Waals surface area contributed by atoms with Gasteiger partial charge in [0.05, 0.1) is 13.1 Å². The van der Waals surface area contributed by atoms with Gasteiger partial charge in [-0.05, 0) is 46.1 Å². The lowest BCUT2D eigenvalue weighted by molar-refractivity contribution is -0.119. The van der Waals surface area contributed by atoms with Gasteiger partial charge in [-0.2, -0.15) is 0 Å². The zero-order chi connectivity index (χ0) is 21.3. The molecule has 1 amide bonds. The summed E-state index contributed by atoms with van der Waals surface area (Å²) >= 11 is 0. The summed E-state index contributed by atoms with van der Waals surface area (Å²) in [5.74, 6) is 0.592. The second kappa shape index (κ2) is 13.1. The van der Waals surface area contributed by atoms with Crippen LogP contribution in [0.4, 0.5) is 0 Å². The molecule has 1 heterocycles. The zero-order valence-corrected chi connectivity index (χ0v) is 21.1. The second-order valence-corrected chi connectivity index (χ2v) is 8.52. The number of aliphatic imine (C=N–C) groups is 1. The van der Waals surface area contributed by atoms with Gasteiger partial charge >= 0.3 is 0 Å². The average Bonchev–Trinajstić information content (AvgIpc) is 2.68. The molecule has 0 spiro atoms. The first-order valence-electron chi connectivity index (χ1n) is 10.7. The van der Waals surface area contributed by atoms with Crippen molar-refractivity contribution in [1.29, 1.82) is 0 Å². The number of primary amides is 1. The SMILES string of the molecule is CCNC(=NCC(C)(C)NC(C)c1ccccc1)NC1CCN(CC(N)=O)CC1.I. The Labute approximate surface area is 198 Å². The summed E-state index contributed by atoms with van der Waals surface area (Å²) in [6.07, 6.45) is 1.95. The molecule has 1 unspecified atom stereocenters. The van der Waals surface area contributed by atoms with E-state index in [2.05, 4.69) is 72.8 Å². The van der Waals surface area contributed by atoms with E-state index in [-0.39, 0.29) is 41.5 Å². The first-order valence-corrected chi connectivity index (χ1v) is 10.7. The predicted octanol–water partition coefficient (Wildman–Crippen LogP) is 2.24. The number of likely N-dealkylation sites (tertiary alicyclic amines) is 1. The molecule has 1 aliphatic rings. The van der Waals surface area contributed by atoms with Crippen molar-refractivity contribution in [2.45, 2.75) is 58.2 Å². The monoisotopic (exact) mass is 530 g/mol. The number of nitrogens with one attached hydrogen (secondary N) is 3. The van der Waals surface area contributed by atoms with Gasteiger partial charge in [0.2, 0.25) is 5.91 Å². The number of carbonyl (C=O) groups is 1. The molecule has 1 fully saturated rings. The molecule has 2 rings (SSSR count). The number of halogens is 1. The van der Waals surface area contributed by atoms with Crippen LogP contribution < -0.4 is 21.7 Å². The number of benzene rings is 1. The van der Waals surface area contributed by atoms with E-state index in [0.717, 1.165) is 38.4 Å². The molecular formula is C22H39IN6O. The number of hydrogen-bond acceptors (Lipinski definition) is 4. The summed E-state index contributed by atoms with van der Waals surface area (Å²) in [6.45, 7) is 12.2. The lowest BCUT2D eigenvalue weighted by atomic mass is 10.0. The molecular weight excluding hydrogens is 491 g/mol. The molecule has 5 N–H and O–H groups in total. The fourth-order valence-corrected chi connectivity index (χ4v) is 3.70. The van der Waals surface area contributed by atoms with Gasteiger partial charge in [-0.1, -0.05) is 30.3 Å². The number of nitrogens with two attached hydrogens (primary N) is 1. The summed E-state index contributed by atoms with van der Waals surface area (Å²) < 4.78 is 0. The molecule has 1 atom stereocenters. The fourth-order valence-electron chi connectivity index (χ4n) is 3.70. The molecule has 1 saturated heterocycles. The van der Waals surface area contributed by atoms with Crippen LogP contribution in [-0.2, 0) is 4.79 Å². The number of nitrogens with zero attached hydrogens (tertiary/aromatic N) is 2. The van der Waals surface area contributed by atoms with Crippen LogP contribution in [0.2, 0.25) is 0 Å². The molecule has 0 radical (unpaired) electrons. The molecule has 0 aromatic heterocycles. The Morgan fingerprint density at radius 2 is 1.90 bits per heavy atom. The van der Waals surface area contributed by atoms with E-state index in [9.17, 15) is 4.79 Å². The quantitative estimate of drug-likeness (QED) is 0.223. The molecule has 0 bridgehead atoms. The van der Waals surface area contributed by atoms with Gasteiger partial charge in [0.1, 0.15) is 0 Å². The van der Waals surface area contributed by atoms with E-state index in [1.807, 2.05) is 6.07 Å². The van der Waals surface area contributed by atoms with E-state index >= 15 is 0 Å². The van der Waals surface area contributed by atoms with Gasteiger partial charge in [-0.15, -0.1) is 24.0 Å². The third-order valence-electron chi connectivity index (χ3n) is 5.19. The van der Waals surface area contributed by atoms with Crippen molar-refractivity contribution < 1.29 is 4.79 Å². The van der Waals surface area contributed by atoms with Crippen molar-refractivity contribution >= 4 is 35.8 Å². The summed E-state index contributed by atoms with van der Waals surface area (Å²) in [6, 6.07) is 11.1. The number of hydrogen-bond donors (Lipinski definition) is 4. The molecule has 8 heteroatoms. The highest BCUT2D eigenvalue weighted by Crippen LogP contribution is 2.16. The van der Waals surface area contributed by atoms with Crippen LogP contribution in [0.5, 0.6) is 0 Å². The Balaban J connectivity index is 0.00000450. The lowest BCUT2D eigenvalue weighted by Crippen LogP contribution is -2.50. The number of amides is 1. The minimum absolute atomic E-state index is 0. The van der Waals surface area contributed by atoms with Gasteiger partial charge < -0.3 is 21.7 Å². The number of guanidine groups is 1. The van der Waals surface area contributed by atoms with E-state index < -0.39 is 0 Å². The molecule has 0 aliphatic carbocycles. The van der Waals surface area contributed by atoms with Crippen molar-refractivity contribution in [3.05, 3.63) is 35.9 Å². The number of carbonyl (C=O) groups excluding carboxylic acids is 1. The maximum atomic E-state index is 11.1. The van der Waals surface area contributed by atoms with Crippen molar-refractivity contribution in [3.63, 3.8) is 0 Å². The molecule has 7 nitrogen and oxygen atoms in total. The topological polar surface area (TPSA) is 94.8 Å². The summed E-state index contributed by atoms with van der Waals surface area (Å²) in [5, 5.41) is 10.6. The Kier molecular flexibility index (Phi) is 11.6. The maximum Gasteiger partial charge on any atom is 0.231 e. The van der Waals surface area contributed by atoms with Crippen molar-refractivity contribution in [1.82, 2.24) is 20.9 Å². The molecule has 0 saturated carbocycles. The molecule has 1 aliphatic heterocycles. The zero-order valence-electron chi connectivity index (χ0n) is 18.8. The average molecular weight is 530 g/mol. The Morgan fingerprint density at radius 1 is 1.27 bits per heavy atom. The molecule has 1 aromatic rings. The van der Waals surface area contributed by atoms with Gasteiger partial charge in [0, 0.05) is 37.3 Å². The normalized spacial score (nSPS) is 17.1. The Hall–Kier alpha value is -1.39. The Bertz CT molecular complexity index is 659. The molecule has 170 valence electrons. The molecule has 1 aromatic carbocycles. The smallest absolute Gasteiger partial charge is 0.231 e. The van der Waals surface area contributed by atoms with Crippen molar-refractivity contribution in [3.8, 4) is 0 Å². The number of piperidine rings is 1. The fraction of sp³-hybridized carbons (Fsp3) is 0.636. The predicted molar refractivity (Wildman–Crippen MR) is 135 cm³/mol. The third-order valence-corrected chi connectivity index (χ3v) is 5.19. The maximum absolute atomic E-state index is 11.1. The number of rotatable bonds is 9. The van der Waals surface area contributed by atoms with Gasteiger partial charge in [-0.25, -0.2) is 0 Å². The first-order chi connectivity index (χ1) is 13.8. The lowest BCUT2D eigenvalue weighted by Gasteiger charge is -2.33. The summed E-state index contributed by atoms with van der Waals surface area (Å²) in [7, 11) is 0. The van der Waals surface area contributed by atoms with Crippen LogP contribution in [0.15, 0.2) is 35.3 Å². The largest absolute Gasteiger partial charge is 0.369 e. The summed E-state index contributed by atoms with van der Waals surface area (Å²) in [4.78, 5) is 18.0. The standard InChI is InChI=1S/C22H38N6O.HI/c1-5-24-21(26-19-11-13-28(14-12-19)15-20(23)29)25-16-22(3,4)27-17(2)18-9-7-6-8-10-18;/h6-10,17,19,27H,5,11-16H2,1-4H3,(H2,23,29)(H2,24,25,26);1H. The minimum Gasteiger partial charge on any atom is -0.369 e. The Morgan fingerprint density at radius 3 is 2.47 bits per heavy atom. The van der Waals surface area contributed by atoms with Crippen molar-refractivity contribution in [2.24, 2.45) is 10.7 Å². The highest BCUT2D eigenvalue weighted by Gasteiger charge is 2.23. The minimum atomic E-state index is -0.259. The van der Waals surface area contributed by atoms with Gasteiger partial charge in [0.25, 0.3) is 0 Å². The van der Waals surface area contributed by atoms with Crippen LogP contribution in [-0.4, -0.2) is 61.1 Å². The van der Waals surface area contributed by atoms with Gasteiger partial charge in [0.15, 0.2) is 5.96 Å². The van der Waals surface area contributed by atoms with Crippen LogP contribution >= 0.6 is 24.0 Å². The third kappa shape index (κ3) is 9.61. The highest BCUT2D eigenvalue weighted by atomic mass is 127. The molecule has 30 heavy (non-hydrogen) atoms. The van der Waals surface area contributed by atoms with E-state index in [4.69, 9.17) is 10.7 Å². The summed E-state index contributed by atoms with van der Waals surface area (Å²) in [5.41, 5.74) is 6.44. The highest BCUT2D eigenvalue weighted by molar-refractivity contribution is 14.0. The van der Waals surface area contributed by atoms with Crippen LogP contribution in [0.3, 0.4) is 0 Å². The van der Waals surface area contributed by atoms with Gasteiger partial charge in [-0.3, -0.25) is 14.7 Å². The second-order valence-electron chi connectivity index (χ2n) is 8.52. The van der Waals surface area contributed by atoms with Crippen molar-refractivity contribution in [2.75, 3.05) is 32.7 Å². The van der Waals surface area contributed by atoms with E-state index in [0.29, 0.717) is 19.1 Å². The van der Waals surface area contributed by atoms with Crippen LogP contribution in [0, 0.1) is 0 Å². The van der Waals surface area contributed by atoms with Crippen LogP contribution in [0.25, 0.3) is 0 Å². The first kappa shape index (κ1) is 26.6.